The van der Waals surface area contributed by atoms with Crippen LogP contribution in [0.15, 0.2) is 17.5 Å². The highest BCUT2D eigenvalue weighted by Crippen LogP contribution is 2.25. The quantitative estimate of drug-likeness (QED) is 0.884. The molecule has 1 N–H and O–H groups in total. The van der Waals surface area contributed by atoms with Gasteiger partial charge in [0.2, 0.25) is 11.2 Å². The molecule has 2 aromatic heterocycles. The lowest BCUT2D eigenvalue weighted by Crippen LogP contribution is -2.12. The van der Waals surface area contributed by atoms with Crippen LogP contribution in [0.25, 0.3) is 0 Å². The molecule has 7 heteroatoms. The van der Waals surface area contributed by atoms with E-state index in [2.05, 4.69) is 33.3 Å². The summed E-state index contributed by atoms with van der Waals surface area (Å²) in [6, 6.07) is 4.51. The molecule has 0 saturated heterocycles. The summed E-state index contributed by atoms with van der Waals surface area (Å²) >= 11 is 7.55. The molecule has 5 nitrogen and oxygen atoms in total. The summed E-state index contributed by atoms with van der Waals surface area (Å²) in [6.45, 7) is 4.46. The molecule has 0 fully saturated rings. The number of aromatic nitrogens is 3. The minimum absolute atomic E-state index is 0.127. The Morgan fingerprint density at radius 1 is 1.37 bits per heavy atom. The molecule has 0 aliphatic rings. The van der Waals surface area contributed by atoms with Gasteiger partial charge in [0, 0.05) is 4.88 Å². The molecule has 0 spiro atoms. The van der Waals surface area contributed by atoms with Crippen LogP contribution >= 0.6 is 22.9 Å². The summed E-state index contributed by atoms with van der Waals surface area (Å²) < 4.78 is 5.25. The van der Waals surface area contributed by atoms with Crippen molar-refractivity contribution < 1.29 is 4.74 Å². The molecule has 2 rings (SSSR count). The first-order valence-corrected chi connectivity index (χ1v) is 7.33. The smallest absolute Gasteiger partial charge is 0.322 e. The number of nitrogens with one attached hydrogen (secondary N) is 1. The standard InChI is InChI=1S/C12H15ClN4OS/c1-3-8(9-6-5-7-19-9)14-11-15-10(13)16-12(17-11)18-4-2/h5-8H,3-4H2,1-2H3,(H,14,15,16,17). The normalized spacial score (nSPS) is 12.2. The van der Waals surface area contributed by atoms with Crippen LogP contribution in [-0.4, -0.2) is 21.6 Å². The number of hydrogen-bond acceptors (Lipinski definition) is 6. The van der Waals surface area contributed by atoms with E-state index in [1.807, 2.05) is 18.4 Å². The van der Waals surface area contributed by atoms with E-state index in [0.717, 1.165) is 6.42 Å². The highest BCUT2D eigenvalue weighted by molar-refractivity contribution is 7.10. The maximum Gasteiger partial charge on any atom is 0.322 e. The van der Waals surface area contributed by atoms with Crippen LogP contribution in [0.1, 0.15) is 31.2 Å². The maximum atomic E-state index is 5.86. The van der Waals surface area contributed by atoms with Crippen LogP contribution in [0.5, 0.6) is 6.01 Å². The van der Waals surface area contributed by atoms with Crippen molar-refractivity contribution in [1.82, 2.24) is 15.0 Å². The van der Waals surface area contributed by atoms with Gasteiger partial charge in [0.25, 0.3) is 0 Å². The first-order chi connectivity index (χ1) is 9.22. The summed E-state index contributed by atoms with van der Waals surface area (Å²) in [5, 5.41) is 5.43. The SMILES string of the molecule is CCOc1nc(Cl)nc(NC(CC)c2cccs2)n1. The Morgan fingerprint density at radius 3 is 2.84 bits per heavy atom. The molecule has 0 aliphatic heterocycles. The second-order valence-corrected chi connectivity index (χ2v) is 5.08. The van der Waals surface area contributed by atoms with Gasteiger partial charge in [-0.1, -0.05) is 13.0 Å². The van der Waals surface area contributed by atoms with Crippen molar-refractivity contribution >= 4 is 28.9 Å². The predicted octanol–water partition coefficient (Wildman–Crippen LogP) is 3.55. The highest BCUT2D eigenvalue weighted by Gasteiger charge is 2.13. The van der Waals surface area contributed by atoms with E-state index in [-0.39, 0.29) is 17.3 Å². The molecule has 1 unspecified atom stereocenters. The lowest BCUT2D eigenvalue weighted by Gasteiger charge is -2.15. The van der Waals surface area contributed by atoms with Gasteiger partial charge in [0.15, 0.2) is 0 Å². The monoisotopic (exact) mass is 298 g/mol. The van der Waals surface area contributed by atoms with Crippen molar-refractivity contribution in [2.45, 2.75) is 26.3 Å². The largest absolute Gasteiger partial charge is 0.464 e. The Hall–Kier alpha value is -1.40. The zero-order valence-electron chi connectivity index (χ0n) is 10.8. The number of anilines is 1. The number of rotatable bonds is 6. The molecule has 0 aromatic carbocycles. The zero-order valence-corrected chi connectivity index (χ0v) is 12.3. The molecular weight excluding hydrogens is 284 g/mol. The predicted molar refractivity (Wildman–Crippen MR) is 77.0 cm³/mol. The van der Waals surface area contributed by atoms with E-state index in [1.165, 1.54) is 4.88 Å². The highest BCUT2D eigenvalue weighted by atomic mass is 35.5. The van der Waals surface area contributed by atoms with Gasteiger partial charge < -0.3 is 10.1 Å². The van der Waals surface area contributed by atoms with Gasteiger partial charge >= 0.3 is 6.01 Å². The van der Waals surface area contributed by atoms with Gasteiger partial charge in [0.05, 0.1) is 12.6 Å². The lowest BCUT2D eigenvalue weighted by molar-refractivity contribution is 0.312. The van der Waals surface area contributed by atoms with Crippen molar-refractivity contribution in [2.75, 3.05) is 11.9 Å². The van der Waals surface area contributed by atoms with E-state index in [4.69, 9.17) is 16.3 Å². The third-order valence-corrected chi connectivity index (χ3v) is 3.61. The van der Waals surface area contributed by atoms with Crippen molar-refractivity contribution in [2.24, 2.45) is 0 Å². The molecule has 19 heavy (non-hydrogen) atoms. The number of thiophene rings is 1. The van der Waals surface area contributed by atoms with Crippen LogP contribution < -0.4 is 10.1 Å². The van der Waals surface area contributed by atoms with Gasteiger partial charge in [-0.25, -0.2) is 0 Å². The number of halogens is 1. The van der Waals surface area contributed by atoms with E-state index in [1.54, 1.807) is 11.3 Å². The third-order valence-electron chi connectivity index (χ3n) is 2.46. The Balaban J connectivity index is 2.17. The molecule has 102 valence electrons. The fraction of sp³-hybridized carbons (Fsp3) is 0.417. The lowest BCUT2D eigenvalue weighted by atomic mass is 10.2. The fourth-order valence-electron chi connectivity index (χ4n) is 1.61. The van der Waals surface area contributed by atoms with E-state index in [9.17, 15) is 0 Å². The molecular formula is C12H15ClN4OS. The van der Waals surface area contributed by atoms with Crippen LogP contribution in [0.4, 0.5) is 5.95 Å². The first-order valence-electron chi connectivity index (χ1n) is 6.07. The topological polar surface area (TPSA) is 59.9 Å². The summed E-state index contributed by atoms with van der Waals surface area (Å²) in [7, 11) is 0. The average molecular weight is 299 g/mol. The van der Waals surface area contributed by atoms with Gasteiger partial charge in [-0.05, 0) is 36.4 Å². The molecule has 0 bridgehead atoms. The van der Waals surface area contributed by atoms with Gasteiger partial charge in [-0.3, -0.25) is 0 Å². The van der Waals surface area contributed by atoms with Crippen molar-refractivity contribution in [1.29, 1.82) is 0 Å². The Labute approximate surface area is 121 Å². The molecule has 0 saturated carbocycles. The summed E-state index contributed by atoms with van der Waals surface area (Å²) in [6.07, 6.45) is 0.924. The zero-order chi connectivity index (χ0) is 13.7. The molecule has 0 amide bonds. The van der Waals surface area contributed by atoms with Gasteiger partial charge in [-0.2, -0.15) is 15.0 Å². The molecule has 2 aromatic rings. The van der Waals surface area contributed by atoms with Crippen molar-refractivity contribution in [3.8, 4) is 6.01 Å². The van der Waals surface area contributed by atoms with Crippen LogP contribution in [0.2, 0.25) is 5.28 Å². The minimum Gasteiger partial charge on any atom is -0.464 e. The van der Waals surface area contributed by atoms with Crippen LogP contribution in [0.3, 0.4) is 0 Å². The summed E-state index contributed by atoms with van der Waals surface area (Å²) in [4.78, 5) is 13.4. The van der Waals surface area contributed by atoms with Crippen LogP contribution in [0, 0.1) is 0 Å². The minimum atomic E-state index is 0.127. The molecule has 0 aliphatic carbocycles. The number of nitrogens with zero attached hydrogens (tertiary/aromatic N) is 3. The second kappa shape index (κ2) is 6.68. The maximum absolute atomic E-state index is 5.86. The Morgan fingerprint density at radius 2 is 2.21 bits per heavy atom. The molecule has 0 radical (unpaired) electrons. The number of ether oxygens (including phenoxy) is 1. The second-order valence-electron chi connectivity index (χ2n) is 3.76. The van der Waals surface area contributed by atoms with Crippen molar-refractivity contribution in [3.05, 3.63) is 27.7 Å². The van der Waals surface area contributed by atoms with E-state index >= 15 is 0 Å². The van der Waals surface area contributed by atoms with Crippen molar-refractivity contribution in [3.63, 3.8) is 0 Å². The van der Waals surface area contributed by atoms with E-state index in [0.29, 0.717) is 12.6 Å². The fourth-order valence-corrected chi connectivity index (χ4v) is 2.62. The Bertz CT molecular complexity index is 520. The first kappa shape index (κ1) is 14.0. The third kappa shape index (κ3) is 3.78. The summed E-state index contributed by atoms with van der Waals surface area (Å²) in [5.74, 6) is 0.434. The van der Waals surface area contributed by atoms with Gasteiger partial charge in [-0.15, -0.1) is 11.3 Å². The van der Waals surface area contributed by atoms with Crippen LogP contribution in [-0.2, 0) is 0 Å². The Kier molecular flexibility index (Phi) is 4.93. The number of hydrogen-bond donors (Lipinski definition) is 1. The van der Waals surface area contributed by atoms with Gasteiger partial charge in [0.1, 0.15) is 0 Å². The molecule has 1 atom stereocenters. The summed E-state index contributed by atoms with van der Waals surface area (Å²) in [5.41, 5.74) is 0. The molecule has 2 heterocycles. The average Bonchev–Trinajstić information content (AvgIpc) is 2.89. The van der Waals surface area contributed by atoms with E-state index < -0.39 is 0 Å².